The predicted molar refractivity (Wildman–Crippen MR) is 60.1 cm³/mol. The van der Waals surface area contributed by atoms with Gasteiger partial charge >= 0.3 is 0 Å². The molecule has 5 nitrogen and oxygen atoms in total. The monoisotopic (exact) mass is 265 g/mol. The van der Waals surface area contributed by atoms with Crippen molar-refractivity contribution in [1.29, 1.82) is 5.26 Å². The number of nitriles is 1. The molecular formula is C12H11NO4S-2. The van der Waals surface area contributed by atoms with E-state index in [9.17, 15) is 25.1 Å². The first-order valence-electron chi connectivity index (χ1n) is 5.34. The van der Waals surface area contributed by atoms with Crippen molar-refractivity contribution in [2.75, 3.05) is 0 Å². The number of carboxylic acids is 2. The Bertz CT molecular complexity index is 443. The Morgan fingerprint density at radius 2 is 1.83 bits per heavy atom. The van der Waals surface area contributed by atoms with E-state index in [1.54, 1.807) is 16.8 Å². The molecule has 0 saturated heterocycles. The van der Waals surface area contributed by atoms with Gasteiger partial charge in [-0.25, -0.2) is 0 Å². The van der Waals surface area contributed by atoms with Crippen molar-refractivity contribution in [2.24, 2.45) is 0 Å². The number of thiophene rings is 1. The summed E-state index contributed by atoms with van der Waals surface area (Å²) >= 11 is 1.37. The molecular weight excluding hydrogens is 254 g/mol. The molecule has 1 rings (SSSR count). The topological polar surface area (TPSA) is 104 Å². The molecule has 0 unspecified atom stereocenters. The molecule has 1 heterocycles. The average Bonchev–Trinajstić information content (AvgIpc) is 2.83. The minimum atomic E-state index is -1.25. The van der Waals surface area contributed by atoms with Gasteiger partial charge in [-0.3, -0.25) is 0 Å². The Morgan fingerprint density at radius 3 is 2.17 bits per heavy atom. The maximum absolute atomic E-state index is 10.5. The molecule has 1 aromatic heterocycles. The molecule has 6 heteroatoms. The van der Waals surface area contributed by atoms with E-state index in [1.165, 1.54) is 11.3 Å². The smallest absolute Gasteiger partial charge is 0.0837 e. The number of aliphatic carboxylic acids is 2. The van der Waals surface area contributed by atoms with Crippen LogP contribution in [0.5, 0.6) is 0 Å². The van der Waals surface area contributed by atoms with E-state index in [-0.39, 0.29) is 25.7 Å². The van der Waals surface area contributed by atoms with Crippen LogP contribution in [0, 0.1) is 11.3 Å². The van der Waals surface area contributed by atoms with Crippen LogP contribution in [0.2, 0.25) is 0 Å². The Labute approximate surface area is 108 Å². The third-order valence-corrected chi connectivity index (χ3v) is 3.48. The molecule has 0 radical (unpaired) electrons. The van der Waals surface area contributed by atoms with E-state index in [0.29, 0.717) is 5.56 Å². The third-order valence-electron chi connectivity index (χ3n) is 2.80. The van der Waals surface area contributed by atoms with Gasteiger partial charge in [0.25, 0.3) is 0 Å². The van der Waals surface area contributed by atoms with Gasteiger partial charge in [0.15, 0.2) is 0 Å². The predicted octanol–water partition coefficient (Wildman–Crippen LogP) is -0.430. The quantitative estimate of drug-likeness (QED) is 0.665. The van der Waals surface area contributed by atoms with Crippen molar-refractivity contribution in [3.63, 3.8) is 0 Å². The second kappa shape index (κ2) is 6.17. The Hall–Kier alpha value is -1.87. The number of carbonyl (C=O) groups is 2. The first-order valence-corrected chi connectivity index (χ1v) is 6.28. The van der Waals surface area contributed by atoms with Crippen molar-refractivity contribution in [1.82, 2.24) is 0 Å². The third kappa shape index (κ3) is 3.57. The molecule has 0 saturated carbocycles. The number of carboxylic acid groups (broad SMARTS) is 2. The van der Waals surface area contributed by atoms with Gasteiger partial charge in [-0.05, 0) is 48.1 Å². The van der Waals surface area contributed by atoms with Crippen molar-refractivity contribution in [3.8, 4) is 6.07 Å². The summed E-state index contributed by atoms with van der Waals surface area (Å²) in [6, 6.07) is 3.76. The average molecular weight is 265 g/mol. The van der Waals surface area contributed by atoms with E-state index < -0.39 is 17.4 Å². The van der Waals surface area contributed by atoms with Crippen LogP contribution in [0.25, 0.3) is 0 Å². The van der Waals surface area contributed by atoms with Gasteiger partial charge in [0.1, 0.15) is 0 Å². The van der Waals surface area contributed by atoms with Crippen LogP contribution in [0.1, 0.15) is 31.2 Å². The standard InChI is InChI=1S/C12H13NO4S/c13-8-12(4-1-10(14)15,5-2-11(16)17)9-3-6-18-7-9/h3,6-7H,1-2,4-5H2,(H,14,15)(H,16,17)/p-2. The van der Waals surface area contributed by atoms with Crippen molar-refractivity contribution < 1.29 is 19.8 Å². The van der Waals surface area contributed by atoms with Gasteiger partial charge in [0.2, 0.25) is 0 Å². The zero-order valence-electron chi connectivity index (χ0n) is 9.55. The zero-order valence-corrected chi connectivity index (χ0v) is 10.4. The summed E-state index contributed by atoms with van der Waals surface area (Å²) in [5, 5.41) is 33.8. The molecule has 0 aliphatic carbocycles. The minimum absolute atomic E-state index is 0.0375. The van der Waals surface area contributed by atoms with Crippen LogP contribution in [-0.4, -0.2) is 11.9 Å². The van der Waals surface area contributed by atoms with Crippen LogP contribution in [0.4, 0.5) is 0 Å². The lowest BCUT2D eigenvalue weighted by Gasteiger charge is -2.26. The van der Waals surface area contributed by atoms with E-state index in [2.05, 4.69) is 6.07 Å². The molecule has 0 fully saturated rings. The molecule has 0 aliphatic heterocycles. The normalized spacial score (nSPS) is 10.8. The summed E-state index contributed by atoms with van der Waals surface area (Å²) in [6.45, 7) is 0. The van der Waals surface area contributed by atoms with Gasteiger partial charge in [-0.1, -0.05) is 0 Å². The first kappa shape index (κ1) is 14.2. The highest BCUT2D eigenvalue weighted by Crippen LogP contribution is 2.34. The largest absolute Gasteiger partial charge is 0.550 e. The van der Waals surface area contributed by atoms with Crippen molar-refractivity contribution in [3.05, 3.63) is 22.4 Å². The fraction of sp³-hybridized carbons (Fsp3) is 0.417. The van der Waals surface area contributed by atoms with E-state index in [0.717, 1.165) is 0 Å². The SMILES string of the molecule is N#CC(CCC(=O)[O-])(CCC(=O)[O-])c1ccsc1. The summed E-state index contributed by atoms with van der Waals surface area (Å²) in [5.74, 6) is -2.50. The number of rotatable bonds is 7. The summed E-state index contributed by atoms with van der Waals surface area (Å²) in [4.78, 5) is 21.0. The molecule has 0 N–H and O–H groups in total. The van der Waals surface area contributed by atoms with Crippen LogP contribution >= 0.6 is 11.3 Å². The van der Waals surface area contributed by atoms with Crippen LogP contribution in [0.3, 0.4) is 0 Å². The highest BCUT2D eigenvalue weighted by molar-refractivity contribution is 7.08. The lowest BCUT2D eigenvalue weighted by atomic mass is 9.75. The Kier molecular flexibility index (Phi) is 4.86. The summed E-state index contributed by atoms with van der Waals surface area (Å²) in [7, 11) is 0. The molecule has 1 aromatic rings. The first-order chi connectivity index (χ1) is 8.50. The van der Waals surface area contributed by atoms with E-state index >= 15 is 0 Å². The fourth-order valence-electron chi connectivity index (χ4n) is 1.76. The highest BCUT2D eigenvalue weighted by atomic mass is 32.1. The molecule has 0 bridgehead atoms. The number of hydrogen-bond donors (Lipinski definition) is 0. The van der Waals surface area contributed by atoms with Crippen LogP contribution in [0.15, 0.2) is 16.8 Å². The fourth-order valence-corrected chi connectivity index (χ4v) is 2.51. The van der Waals surface area contributed by atoms with Gasteiger partial charge in [-0.15, -0.1) is 0 Å². The minimum Gasteiger partial charge on any atom is -0.550 e. The number of carbonyl (C=O) groups excluding carboxylic acids is 2. The zero-order chi connectivity index (χ0) is 13.6. The molecule has 0 atom stereocenters. The maximum Gasteiger partial charge on any atom is 0.0837 e. The van der Waals surface area contributed by atoms with Gasteiger partial charge in [-0.2, -0.15) is 16.6 Å². The molecule has 0 spiro atoms. The number of hydrogen-bond acceptors (Lipinski definition) is 6. The molecule has 0 amide bonds. The van der Waals surface area contributed by atoms with Crippen LogP contribution in [-0.2, 0) is 15.0 Å². The maximum atomic E-state index is 10.5. The van der Waals surface area contributed by atoms with E-state index in [1.807, 2.05) is 0 Å². The summed E-state index contributed by atoms with van der Waals surface area (Å²) < 4.78 is 0. The summed E-state index contributed by atoms with van der Waals surface area (Å²) in [6.07, 6.45) is -0.487. The number of nitrogens with zero attached hydrogens (tertiary/aromatic N) is 1. The van der Waals surface area contributed by atoms with Crippen molar-refractivity contribution >= 4 is 23.3 Å². The lowest BCUT2D eigenvalue weighted by Crippen LogP contribution is -2.32. The van der Waals surface area contributed by atoms with Crippen molar-refractivity contribution in [2.45, 2.75) is 31.1 Å². The Balaban J connectivity index is 2.94. The molecule has 0 aromatic carbocycles. The summed E-state index contributed by atoms with van der Waals surface area (Å²) in [5.41, 5.74) is -0.447. The highest BCUT2D eigenvalue weighted by Gasteiger charge is 2.32. The Morgan fingerprint density at radius 1 is 1.28 bits per heavy atom. The molecule has 96 valence electrons. The van der Waals surface area contributed by atoms with E-state index in [4.69, 9.17) is 0 Å². The van der Waals surface area contributed by atoms with Crippen LogP contribution < -0.4 is 10.2 Å². The van der Waals surface area contributed by atoms with Gasteiger partial charge in [0.05, 0.1) is 11.5 Å². The lowest BCUT2D eigenvalue weighted by molar-refractivity contribution is -0.306. The second-order valence-electron chi connectivity index (χ2n) is 3.95. The van der Waals surface area contributed by atoms with Gasteiger partial charge < -0.3 is 19.8 Å². The second-order valence-corrected chi connectivity index (χ2v) is 4.73. The van der Waals surface area contributed by atoms with Gasteiger partial charge in [0, 0.05) is 11.9 Å². The molecule has 0 aliphatic rings. The molecule has 18 heavy (non-hydrogen) atoms.